The molecule has 0 saturated carbocycles. The molecular weight excluding hydrogens is 376 g/mol. The van der Waals surface area contributed by atoms with E-state index in [1.54, 1.807) is 12.1 Å². The van der Waals surface area contributed by atoms with Crippen molar-refractivity contribution in [1.29, 1.82) is 0 Å². The molecule has 0 spiro atoms. The number of piperidine rings is 1. The lowest BCUT2D eigenvalue weighted by Gasteiger charge is -2.32. The summed E-state index contributed by atoms with van der Waals surface area (Å²) < 4.78 is 0. The van der Waals surface area contributed by atoms with E-state index < -0.39 is 5.97 Å². The Morgan fingerprint density at radius 2 is 1.77 bits per heavy atom. The predicted molar refractivity (Wildman–Crippen MR) is 121 cm³/mol. The molecule has 0 unspecified atom stereocenters. The Bertz CT molecular complexity index is 926. The molecule has 1 aliphatic heterocycles. The van der Waals surface area contributed by atoms with E-state index in [4.69, 9.17) is 5.11 Å². The molecule has 0 aliphatic carbocycles. The molecule has 3 rings (SSSR count). The molecule has 30 heavy (non-hydrogen) atoms. The van der Waals surface area contributed by atoms with E-state index in [0.29, 0.717) is 0 Å². The first-order valence-electron chi connectivity index (χ1n) is 10.7. The summed E-state index contributed by atoms with van der Waals surface area (Å²) in [6, 6.07) is 12.8. The van der Waals surface area contributed by atoms with Crippen LogP contribution in [0.2, 0.25) is 0 Å². The summed E-state index contributed by atoms with van der Waals surface area (Å²) in [5.74, 6) is -1.07. The van der Waals surface area contributed by atoms with Crippen LogP contribution < -0.4 is 10.2 Å². The van der Waals surface area contributed by atoms with Crippen LogP contribution in [0, 0.1) is 6.92 Å². The molecule has 158 valence electrons. The number of rotatable bonds is 7. The number of carbonyl (C=O) groups excluding carboxylic acids is 1. The highest BCUT2D eigenvalue weighted by Gasteiger charge is 2.19. The van der Waals surface area contributed by atoms with E-state index >= 15 is 0 Å². The Hall–Kier alpha value is -3.08. The third-order valence-electron chi connectivity index (χ3n) is 5.46. The fourth-order valence-corrected chi connectivity index (χ4v) is 3.97. The smallest absolute Gasteiger partial charge is 0.335 e. The fourth-order valence-electron chi connectivity index (χ4n) is 3.97. The van der Waals surface area contributed by atoms with Crippen molar-refractivity contribution < 1.29 is 14.7 Å². The van der Waals surface area contributed by atoms with Crippen LogP contribution in [-0.2, 0) is 11.2 Å². The highest BCUT2D eigenvalue weighted by molar-refractivity contribution is 5.92. The van der Waals surface area contributed by atoms with Gasteiger partial charge >= 0.3 is 5.97 Å². The van der Waals surface area contributed by atoms with Crippen LogP contribution in [-0.4, -0.2) is 30.1 Å². The molecule has 1 amide bonds. The monoisotopic (exact) mass is 406 g/mol. The third-order valence-corrected chi connectivity index (χ3v) is 5.46. The minimum atomic E-state index is -0.969. The Balaban J connectivity index is 1.81. The summed E-state index contributed by atoms with van der Waals surface area (Å²) >= 11 is 0. The minimum Gasteiger partial charge on any atom is -0.478 e. The fraction of sp³-hybridized carbons (Fsp3) is 0.360. The van der Waals surface area contributed by atoms with Crippen LogP contribution in [0.5, 0.6) is 0 Å². The SMILES string of the molecule is CC/C=C(\NC(=O)Cc1ccc(C(=O)O)cc1)c1c(C)cccc1N1CCCCC1. The Morgan fingerprint density at radius 3 is 2.40 bits per heavy atom. The number of carboxylic acids is 1. The van der Waals surface area contributed by atoms with Crippen LogP contribution in [0.1, 0.15) is 59.7 Å². The van der Waals surface area contributed by atoms with Gasteiger partial charge in [0, 0.05) is 30.0 Å². The normalized spacial score (nSPS) is 14.5. The van der Waals surface area contributed by atoms with E-state index in [2.05, 4.69) is 48.3 Å². The molecule has 0 radical (unpaired) electrons. The van der Waals surface area contributed by atoms with Crippen molar-refractivity contribution in [2.45, 2.75) is 46.0 Å². The van der Waals surface area contributed by atoms with Gasteiger partial charge in [-0.1, -0.05) is 37.3 Å². The summed E-state index contributed by atoms with van der Waals surface area (Å²) in [7, 11) is 0. The molecular formula is C25H30N2O3. The zero-order valence-electron chi connectivity index (χ0n) is 17.8. The molecule has 0 atom stereocenters. The van der Waals surface area contributed by atoms with Crippen molar-refractivity contribution in [1.82, 2.24) is 5.32 Å². The van der Waals surface area contributed by atoms with Crippen LogP contribution in [0.25, 0.3) is 5.70 Å². The molecule has 0 bridgehead atoms. The summed E-state index contributed by atoms with van der Waals surface area (Å²) in [6.45, 7) is 6.23. The number of aromatic carboxylic acids is 1. The Kier molecular flexibility index (Phi) is 7.28. The van der Waals surface area contributed by atoms with Gasteiger partial charge in [-0.3, -0.25) is 4.79 Å². The van der Waals surface area contributed by atoms with Crippen LogP contribution in [0.3, 0.4) is 0 Å². The van der Waals surface area contributed by atoms with Crippen molar-refractivity contribution in [2.75, 3.05) is 18.0 Å². The Labute approximate surface area is 178 Å². The van der Waals surface area contributed by atoms with Crippen LogP contribution in [0.4, 0.5) is 5.69 Å². The molecule has 1 aliphatic rings. The van der Waals surface area contributed by atoms with Gasteiger partial charge in [0.2, 0.25) is 5.91 Å². The number of hydrogen-bond donors (Lipinski definition) is 2. The number of aryl methyl sites for hydroxylation is 1. The predicted octanol–water partition coefficient (Wildman–Crippen LogP) is 4.79. The van der Waals surface area contributed by atoms with E-state index in [-0.39, 0.29) is 17.9 Å². The summed E-state index contributed by atoms with van der Waals surface area (Å²) in [6.07, 6.45) is 6.74. The lowest BCUT2D eigenvalue weighted by molar-refractivity contribution is -0.119. The van der Waals surface area contributed by atoms with Crippen molar-refractivity contribution in [3.63, 3.8) is 0 Å². The first kappa shape index (κ1) is 21.6. The molecule has 1 saturated heterocycles. The number of hydrogen-bond acceptors (Lipinski definition) is 3. The molecule has 2 aromatic rings. The number of amides is 1. The second kappa shape index (κ2) is 10.1. The van der Waals surface area contributed by atoms with E-state index in [0.717, 1.165) is 41.9 Å². The average Bonchev–Trinajstić information content (AvgIpc) is 2.74. The van der Waals surface area contributed by atoms with Gasteiger partial charge in [-0.2, -0.15) is 0 Å². The zero-order chi connectivity index (χ0) is 21.5. The maximum Gasteiger partial charge on any atom is 0.335 e. The number of nitrogens with zero attached hydrogens (tertiary/aromatic N) is 1. The lowest BCUT2D eigenvalue weighted by Crippen LogP contribution is -2.31. The molecule has 1 heterocycles. The molecule has 5 heteroatoms. The molecule has 5 nitrogen and oxygen atoms in total. The maximum atomic E-state index is 12.8. The second-order valence-electron chi connectivity index (χ2n) is 7.77. The maximum absolute atomic E-state index is 12.8. The number of benzene rings is 2. The topological polar surface area (TPSA) is 69.6 Å². The summed E-state index contributed by atoms with van der Waals surface area (Å²) in [4.78, 5) is 26.2. The van der Waals surface area contributed by atoms with E-state index in [1.165, 1.54) is 37.1 Å². The van der Waals surface area contributed by atoms with Crippen molar-refractivity contribution in [3.05, 3.63) is 70.8 Å². The molecule has 2 N–H and O–H groups in total. The van der Waals surface area contributed by atoms with Gasteiger partial charge in [-0.25, -0.2) is 4.79 Å². The quantitative estimate of drug-likeness (QED) is 0.693. The number of carboxylic acid groups (broad SMARTS) is 1. The van der Waals surface area contributed by atoms with Gasteiger partial charge in [-0.05, 0) is 61.9 Å². The highest BCUT2D eigenvalue weighted by atomic mass is 16.4. The van der Waals surface area contributed by atoms with E-state index in [1.807, 2.05) is 0 Å². The number of anilines is 1. The number of carbonyl (C=O) groups is 2. The summed E-state index contributed by atoms with van der Waals surface area (Å²) in [5.41, 5.74) is 5.27. The third kappa shape index (κ3) is 5.29. The van der Waals surface area contributed by atoms with Gasteiger partial charge in [0.05, 0.1) is 12.0 Å². The largest absolute Gasteiger partial charge is 0.478 e. The standard InChI is InChI=1S/C25H30N2O3/c1-3-8-21(26-23(28)17-19-11-13-20(14-12-19)25(29)30)24-18(2)9-7-10-22(24)27-15-5-4-6-16-27/h7-14H,3-6,15-17H2,1-2H3,(H,26,28)(H,29,30)/b21-8-. The van der Waals surface area contributed by atoms with Crippen molar-refractivity contribution in [2.24, 2.45) is 0 Å². The average molecular weight is 407 g/mol. The highest BCUT2D eigenvalue weighted by Crippen LogP contribution is 2.31. The number of allylic oxidation sites excluding steroid dienone is 1. The van der Waals surface area contributed by atoms with Crippen molar-refractivity contribution >= 4 is 23.3 Å². The van der Waals surface area contributed by atoms with Gasteiger partial charge in [-0.15, -0.1) is 0 Å². The second-order valence-corrected chi connectivity index (χ2v) is 7.77. The van der Waals surface area contributed by atoms with Crippen molar-refractivity contribution in [3.8, 4) is 0 Å². The number of nitrogens with one attached hydrogen (secondary N) is 1. The molecule has 1 fully saturated rings. The first-order valence-corrected chi connectivity index (χ1v) is 10.7. The van der Waals surface area contributed by atoms with Gasteiger partial charge < -0.3 is 15.3 Å². The van der Waals surface area contributed by atoms with Crippen LogP contribution >= 0.6 is 0 Å². The summed E-state index contributed by atoms with van der Waals surface area (Å²) in [5, 5.41) is 12.1. The molecule has 2 aromatic carbocycles. The van der Waals surface area contributed by atoms with Gasteiger partial charge in [0.1, 0.15) is 0 Å². The van der Waals surface area contributed by atoms with E-state index in [9.17, 15) is 9.59 Å². The van der Waals surface area contributed by atoms with Crippen LogP contribution in [0.15, 0.2) is 48.5 Å². The minimum absolute atomic E-state index is 0.106. The van der Waals surface area contributed by atoms with Gasteiger partial charge in [0.25, 0.3) is 0 Å². The molecule has 0 aromatic heterocycles. The van der Waals surface area contributed by atoms with Gasteiger partial charge in [0.15, 0.2) is 0 Å². The lowest BCUT2D eigenvalue weighted by atomic mass is 9.99. The first-order chi connectivity index (χ1) is 14.5. The zero-order valence-corrected chi connectivity index (χ0v) is 17.8. The Morgan fingerprint density at radius 1 is 1.07 bits per heavy atom.